The molecule has 2 heteroatoms. The quantitative estimate of drug-likeness (QED) is 0.630. The van der Waals surface area contributed by atoms with Crippen molar-refractivity contribution in [2.75, 3.05) is 0 Å². The number of aryl methyl sites for hydroxylation is 2. The van der Waals surface area contributed by atoms with E-state index in [0.717, 1.165) is 16.5 Å². The fourth-order valence-corrected chi connectivity index (χ4v) is 2.28. The van der Waals surface area contributed by atoms with Crippen LogP contribution in [0.15, 0.2) is 47.1 Å². The second-order valence-corrected chi connectivity index (χ2v) is 4.74. The summed E-state index contributed by atoms with van der Waals surface area (Å²) in [6, 6.07) is 14.2. The van der Waals surface area contributed by atoms with Crippen LogP contribution in [-0.2, 0) is 0 Å². The summed E-state index contributed by atoms with van der Waals surface area (Å²) in [6.45, 7) is 4.20. The molecule has 2 aromatic carbocycles. The van der Waals surface area contributed by atoms with Crippen molar-refractivity contribution in [3.63, 3.8) is 0 Å². The van der Waals surface area contributed by atoms with E-state index in [1.807, 2.05) is 12.1 Å². The maximum Gasteiger partial charge on any atom is 0.152 e. The molecule has 0 saturated carbocycles. The minimum absolute atomic E-state index is 0.576. The van der Waals surface area contributed by atoms with Crippen LogP contribution >= 0.6 is 0 Å². The van der Waals surface area contributed by atoms with Crippen LogP contribution in [0, 0.1) is 25.2 Å². The fourth-order valence-electron chi connectivity index (χ4n) is 2.28. The van der Waals surface area contributed by atoms with Gasteiger partial charge in [-0.1, -0.05) is 30.3 Å². The summed E-state index contributed by atoms with van der Waals surface area (Å²) in [5.74, 6) is 0. The minimum Gasteiger partial charge on any atom is -0.462 e. The molecule has 0 aliphatic heterocycles. The Hall–Kier alpha value is -2.53. The van der Waals surface area contributed by atoms with Crippen molar-refractivity contribution in [1.82, 2.24) is 0 Å². The lowest BCUT2D eigenvalue weighted by Gasteiger charge is -2.03. The number of fused-ring (bicyclic) bond motifs is 1. The van der Waals surface area contributed by atoms with Gasteiger partial charge in [0.15, 0.2) is 5.58 Å². The van der Waals surface area contributed by atoms with Gasteiger partial charge in [-0.2, -0.15) is 5.26 Å². The van der Waals surface area contributed by atoms with Crippen molar-refractivity contribution in [1.29, 1.82) is 5.26 Å². The molecule has 0 bridgehead atoms. The molecule has 2 nitrogen and oxygen atoms in total. The standard InChI is InChI=1S/C17H13NO/c1-11-6-7-13(8-12(11)2)16-10-19-17-14(9-18)4-3-5-15(16)17/h3-8,10H,1-2H3. The lowest BCUT2D eigenvalue weighted by molar-refractivity contribution is 0.616. The van der Waals surface area contributed by atoms with E-state index in [2.05, 4.69) is 38.1 Å². The van der Waals surface area contributed by atoms with Crippen LogP contribution in [0.25, 0.3) is 22.1 Å². The zero-order valence-corrected chi connectivity index (χ0v) is 10.9. The third-order valence-electron chi connectivity index (χ3n) is 3.54. The SMILES string of the molecule is Cc1ccc(-c2coc3c(C#N)cccc23)cc1C. The summed E-state index contributed by atoms with van der Waals surface area (Å²) < 4.78 is 5.57. The smallest absolute Gasteiger partial charge is 0.152 e. The van der Waals surface area contributed by atoms with Gasteiger partial charge in [0.25, 0.3) is 0 Å². The van der Waals surface area contributed by atoms with Gasteiger partial charge in [-0.25, -0.2) is 0 Å². The Kier molecular flexibility index (Phi) is 2.61. The molecule has 3 rings (SSSR count). The Labute approximate surface area is 111 Å². The number of hydrogen-bond donors (Lipinski definition) is 0. The monoisotopic (exact) mass is 247 g/mol. The minimum atomic E-state index is 0.576. The molecule has 0 radical (unpaired) electrons. The van der Waals surface area contributed by atoms with Gasteiger partial charge in [0, 0.05) is 10.9 Å². The molecule has 0 spiro atoms. The van der Waals surface area contributed by atoms with Crippen LogP contribution in [0.4, 0.5) is 0 Å². The molecular weight excluding hydrogens is 234 g/mol. The summed E-state index contributed by atoms with van der Waals surface area (Å²) in [6.07, 6.45) is 1.73. The van der Waals surface area contributed by atoms with Crippen molar-refractivity contribution in [2.24, 2.45) is 0 Å². The molecule has 0 unspecified atom stereocenters. The van der Waals surface area contributed by atoms with E-state index in [0.29, 0.717) is 11.1 Å². The van der Waals surface area contributed by atoms with Crippen LogP contribution in [0.3, 0.4) is 0 Å². The lowest BCUT2D eigenvalue weighted by Crippen LogP contribution is -1.83. The van der Waals surface area contributed by atoms with E-state index in [9.17, 15) is 0 Å². The van der Waals surface area contributed by atoms with Crippen LogP contribution in [0.1, 0.15) is 16.7 Å². The first-order valence-electron chi connectivity index (χ1n) is 6.18. The van der Waals surface area contributed by atoms with E-state index in [1.165, 1.54) is 11.1 Å². The first-order valence-corrected chi connectivity index (χ1v) is 6.18. The van der Waals surface area contributed by atoms with Crippen molar-refractivity contribution in [3.05, 3.63) is 59.4 Å². The predicted molar refractivity (Wildman–Crippen MR) is 75.8 cm³/mol. The maximum absolute atomic E-state index is 9.09. The number of para-hydroxylation sites is 1. The molecular formula is C17H13NO. The summed E-state index contributed by atoms with van der Waals surface area (Å²) in [7, 11) is 0. The number of nitrogens with zero attached hydrogens (tertiary/aromatic N) is 1. The first-order chi connectivity index (χ1) is 9.20. The summed E-state index contributed by atoms with van der Waals surface area (Å²) in [4.78, 5) is 0. The Bertz CT molecular complexity index is 806. The normalized spacial score (nSPS) is 10.6. The molecule has 1 heterocycles. The molecule has 0 fully saturated rings. The number of rotatable bonds is 1. The molecule has 19 heavy (non-hydrogen) atoms. The molecule has 0 atom stereocenters. The maximum atomic E-state index is 9.09. The van der Waals surface area contributed by atoms with Gasteiger partial charge in [-0.05, 0) is 36.6 Å². The summed E-state index contributed by atoms with van der Waals surface area (Å²) in [5, 5.41) is 10.1. The van der Waals surface area contributed by atoms with E-state index < -0.39 is 0 Å². The van der Waals surface area contributed by atoms with Crippen LogP contribution in [-0.4, -0.2) is 0 Å². The van der Waals surface area contributed by atoms with Crippen LogP contribution < -0.4 is 0 Å². The number of hydrogen-bond acceptors (Lipinski definition) is 2. The van der Waals surface area contributed by atoms with Gasteiger partial charge in [0.1, 0.15) is 6.07 Å². The van der Waals surface area contributed by atoms with Crippen LogP contribution in [0.2, 0.25) is 0 Å². The highest BCUT2D eigenvalue weighted by atomic mass is 16.3. The van der Waals surface area contributed by atoms with E-state index in [4.69, 9.17) is 9.68 Å². The molecule has 92 valence electrons. The van der Waals surface area contributed by atoms with Gasteiger partial charge in [0.05, 0.1) is 11.8 Å². The molecule has 0 aliphatic rings. The first kappa shape index (κ1) is 11.6. The van der Waals surface area contributed by atoms with E-state index in [1.54, 1.807) is 12.3 Å². The highest BCUT2D eigenvalue weighted by molar-refractivity contribution is 5.96. The molecule has 0 saturated heterocycles. The van der Waals surface area contributed by atoms with Crippen molar-refractivity contribution >= 4 is 11.0 Å². The Morgan fingerprint density at radius 3 is 2.63 bits per heavy atom. The van der Waals surface area contributed by atoms with Crippen LogP contribution in [0.5, 0.6) is 0 Å². The number of benzene rings is 2. The van der Waals surface area contributed by atoms with Gasteiger partial charge >= 0.3 is 0 Å². The molecule has 0 N–H and O–H groups in total. The number of furan rings is 1. The zero-order valence-electron chi connectivity index (χ0n) is 10.9. The average molecular weight is 247 g/mol. The van der Waals surface area contributed by atoms with E-state index >= 15 is 0 Å². The average Bonchev–Trinajstić information content (AvgIpc) is 2.85. The Balaban J connectivity index is 2.26. The summed E-state index contributed by atoms with van der Waals surface area (Å²) in [5.41, 5.74) is 5.93. The molecule has 0 aliphatic carbocycles. The highest BCUT2D eigenvalue weighted by Gasteiger charge is 2.11. The zero-order chi connectivity index (χ0) is 13.4. The van der Waals surface area contributed by atoms with Gasteiger partial charge < -0.3 is 4.42 Å². The number of nitriles is 1. The fraction of sp³-hybridized carbons (Fsp3) is 0.118. The Morgan fingerprint density at radius 2 is 1.89 bits per heavy atom. The lowest BCUT2D eigenvalue weighted by atomic mass is 9.99. The van der Waals surface area contributed by atoms with E-state index in [-0.39, 0.29) is 0 Å². The highest BCUT2D eigenvalue weighted by Crippen LogP contribution is 2.32. The van der Waals surface area contributed by atoms with Crippen molar-refractivity contribution in [3.8, 4) is 17.2 Å². The third-order valence-corrected chi connectivity index (χ3v) is 3.54. The Morgan fingerprint density at radius 1 is 1.05 bits per heavy atom. The summed E-state index contributed by atoms with van der Waals surface area (Å²) >= 11 is 0. The molecule has 0 amide bonds. The third kappa shape index (κ3) is 1.80. The second-order valence-electron chi connectivity index (χ2n) is 4.74. The predicted octanol–water partition coefficient (Wildman–Crippen LogP) is 4.59. The molecule has 1 aromatic heterocycles. The largest absolute Gasteiger partial charge is 0.462 e. The van der Waals surface area contributed by atoms with Gasteiger partial charge in [-0.15, -0.1) is 0 Å². The van der Waals surface area contributed by atoms with Crippen molar-refractivity contribution < 1.29 is 4.42 Å². The molecule has 3 aromatic rings. The van der Waals surface area contributed by atoms with Crippen molar-refractivity contribution in [2.45, 2.75) is 13.8 Å². The topological polar surface area (TPSA) is 36.9 Å². The van der Waals surface area contributed by atoms with Gasteiger partial charge in [0.2, 0.25) is 0 Å². The second kappa shape index (κ2) is 4.29. The van der Waals surface area contributed by atoms with Gasteiger partial charge in [-0.3, -0.25) is 0 Å².